The van der Waals surface area contributed by atoms with E-state index in [1.165, 1.54) is 18.3 Å². The molecular formula is C19H14FN3O2. The predicted octanol–water partition coefficient (Wildman–Crippen LogP) is 4.17. The molecule has 0 aliphatic rings. The van der Waals surface area contributed by atoms with Crippen LogP contribution in [-0.2, 0) is 4.74 Å². The Morgan fingerprint density at radius 3 is 2.72 bits per heavy atom. The Bertz CT molecular complexity index is 978. The van der Waals surface area contributed by atoms with E-state index in [1.54, 1.807) is 37.3 Å². The predicted molar refractivity (Wildman–Crippen MR) is 92.1 cm³/mol. The first-order valence-corrected chi connectivity index (χ1v) is 7.65. The molecule has 0 aliphatic heterocycles. The standard InChI is InChI=1S/C19H14FN3O2/c1-2-25-19(24)12-3-6-15(7-4-12)23-18-13(10-21)11-22-17-8-5-14(20)9-16(17)18/h3-9,11H,2H2,1H3,(H,22,23). The van der Waals surface area contributed by atoms with Crippen LogP contribution in [0.4, 0.5) is 15.8 Å². The molecular weight excluding hydrogens is 321 g/mol. The maximum absolute atomic E-state index is 13.6. The molecule has 0 spiro atoms. The fraction of sp³-hybridized carbons (Fsp3) is 0.105. The van der Waals surface area contributed by atoms with Gasteiger partial charge in [-0.05, 0) is 49.4 Å². The third-order valence-electron chi connectivity index (χ3n) is 3.62. The number of esters is 1. The summed E-state index contributed by atoms with van der Waals surface area (Å²) in [5.74, 6) is -0.812. The van der Waals surface area contributed by atoms with Crippen LogP contribution in [-0.4, -0.2) is 17.6 Å². The van der Waals surface area contributed by atoms with Gasteiger partial charge in [-0.3, -0.25) is 4.98 Å². The van der Waals surface area contributed by atoms with E-state index in [4.69, 9.17) is 4.74 Å². The summed E-state index contributed by atoms with van der Waals surface area (Å²) in [6.45, 7) is 2.05. The highest BCUT2D eigenvalue weighted by Crippen LogP contribution is 2.29. The second-order valence-corrected chi connectivity index (χ2v) is 5.24. The van der Waals surface area contributed by atoms with Crippen molar-refractivity contribution in [2.75, 3.05) is 11.9 Å². The van der Waals surface area contributed by atoms with Gasteiger partial charge < -0.3 is 10.1 Å². The molecule has 0 saturated carbocycles. The summed E-state index contributed by atoms with van der Waals surface area (Å²) in [5, 5.41) is 12.9. The number of rotatable bonds is 4. The third-order valence-corrected chi connectivity index (χ3v) is 3.62. The number of anilines is 2. The summed E-state index contributed by atoms with van der Waals surface area (Å²) in [5.41, 5.74) is 2.43. The van der Waals surface area contributed by atoms with E-state index in [-0.39, 0.29) is 0 Å². The van der Waals surface area contributed by atoms with Crippen LogP contribution < -0.4 is 5.32 Å². The zero-order chi connectivity index (χ0) is 17.8. The molecule has 1 aromatic heterocycles. The molecule has 2 aromatic carbocycles. The van der Waals surface area contributed by atoms with Crippen LogP contribution in [0.15, 0.2) is 48.7 Å². The van der Waals surface area contributed by atoms with Gasteiger partial charge in [-0.15, -0.1) is 0 Å². The molecule has 5 nitrogen and oxygen atoms in total. The number of nitriles is 1. The van der Waals surface area contributed by atoms with Crippen molar-refractivity contribution < 1.29 is 13.9 Å². The van der Waals surface area contributed by atoms with Crippen molar-refractivity contribution in [3.63, 3.8) is 0 Å². The van der Waals surface area contributed by atoms with Crippen molar-refractivity contribution in [2.45, 2.75) is 6.92 Å². The number of halogens is 1. The lowest BCUT2D eigenvalue weighted by atomic mass is 10.1. The van der Waals surface area contributed by atoms with Crippen LogP contribution in [0, 0.1) is 17.1 Å². The molecule has 0 amide bonds. The average Bonchev–Trinajstić information content (AvgIpc) is 2.63. The number of ether oxygens (including phenoxy) is 1. The molecule has 6 heteroatoms. The zero-order valence-electron chi connectivity index (χ0n) is 13.4. The highest BCUT2D eigenvalue weighted by Gasteiger charge is 2.11. The van der Waals surface area contributed by atoms with Gasteiger partial charge in [-0.1, -0.05) is 0 Å². The summed E-state index contributed by atoms with van der Waals surface area (Å²) < 4.78 is 18.6. The maximum atomic E-state index is 13.6. The number of hydrogen-bond acceptors (Lipinski definition) is 5. The molecule has 0 bridgehead atoms. The first kappa shape index (κ1) is 16.4. The van der Waals surface area contributed by atoms with Crippen molar-refractivity contribution in [2.24, 2.45) is 0 Å². The van der Waals surface area contributed by atoms with E-state index in [1.807, 2.05) is 0 Å². The molecule has 0 fully saturated rings. The number of pyridine rings is 1. The van der Waals surface area contributed by atoms with Crippen LogP contribution in [0.5, 0.6) is 0 Å². The first-order chi connectivity index (χ1) is 12.1. The minimum absolute atomic E-state index is 0.299. The monoisotopic (exact) mass is 335 g/mol. The Hall–Kier alpha value is -3.46. The number of hydrogen-bond donors (Lipinski definition) is 1. The maximum Gasteiger partial charge on any atom is 0.338 e. The number of nitrogens with one attached hydrogen (secondary N) is 1. The molecule has 1 N–H and O–H groups in total. The molecule has 0 unspecified atom stereocenters. The Labute approximate surface area is 143 Å². The number of carbonyl (C=O) groups is 1. The van der Waals surface area contributed by atoms with Gasteiger partial charge in [-0.25, -0.2) is 9.18 Å². The van der Waals surface area contributed by atoms with Gasteiger partial charge in [-0.2, -0.15) is 5.26 Å². The fourth-order valence-corrected chi connectivity index (χ4v) is 2.43. The second-order valence-electron chi connectivity index (χ2n) is 5.24. The molecule has 124 valence electrons. The lowest BCUT2D eigenvalue weighted by Crippen LogP contribution is -2.04. The van der Waals surface area contributed by atoms with Gasteiger partial charge in [0.2, 0.25) is 0 Å². The highest BCUT2D eigenvalue weighted by molar-refractivity contribution is 5.96. The summed E-state index contributed by atoms with van der Waals surface area (Å²) in [7, 11) is 0. The van der Waals surface area contributed by atoms with E-state index in [2.05, 4.69) is 16.4 Å². The van der Waals surface area contributed by atoms with Gasteiger partial charge in [0.25, 0.3) is 0 Å². The van der Waals surface area contributed by atoms with Crippen molar-refractivity contribution in [3.05, 3.63) is 65.6 Å². The molecule has 1 heterocycles. The Morgan fingerprint density at radius 2 is 2.04 bits per heavy atom. The Balaban J connectivity index is 1.98. The van der Waals surface area contributed by atoms with E-state index in [9.17, 15) is 14.4 Å². The summed E-state index contributed by atoms with van der Waals surface area (Å²) in [6.07, 6.45) is 1.44. The molecule has 0 saturated heterocycles. The van der Waals surface area contributed by atoms with E-state index < -0.39 is 11.8 Å². The smallest absolute Gasteiger partial charge is 0.338 e. The van der Waals surface area contributed by atoms with Crippen LogP contribution >= 0.6 is 0 Å². The number of fused-ring (bicyclic) bond motifs is 1. The average molecular weight is 335 g/mol. The topological polar surface area (TPSA) is 75.0 Å². The van der Waals surface area contributed by atoms with Gasteiger partial charge in [0.05, 0.1) is 28.9 Å². The van der Waals surface area contributed by atoms with Gasteiger partial charge >= 0.3 is 5.97 Å². The van der Waals surface area contributed by atoms with Gasteiger partial charge in [0.15, 0.2) is 0 Å². The Kier molecular flexibility index (Phi) is 4.57. The van der Waals surface area contributed by atoms with E-state index >= 15 is 0 Å². The fourth-order valence-electron chi connectivity index (χ4n) is 2.43. The lowest BCUT2D eigenvalue weighted by Gasteiger charge is -2.12. The van der Waals surface area contributed by atoms with Gasteiger partial charge in [0, 0.05) is 17.3 Å². The highest BCUT2D eigenvalue weighted by atomic mass is 19.1. The molecule has 3 rings (SSSR count). The minimum Gasteiger partial charge on any atom is -0.462 e. The van der Waals surface area contributed by atoms with Crippen molar-refractivity contribution in [3.8, 4) is 6.07 Å². The SMILES string of the molecule is CCOC(=O)c1ccc(Nc2c(C#N)cnc3ccc(F)cc23)cc1. The van der Waals surface area contributed by atoms with Gasteiger partial charge in [0.1, 0.15) is 11.9 Å². The number of nitrogens with zero attached hydrogens (tertiary/aromatic N) is 2. The number of benzene rings is 2. The molecule has 0 atom stereocenters. The minimum atomic E-state index is -0.412. The van der Waals surface area contributed by atoms with Crippen molar-refractivity contribution >= 4 is 28.2 Å². The van der Waals surface area contributed by atoms with E-state index in [0.29, 0.717) is 40.0 Å². The normalized spacial score (nSPS) is 10.3. The number of carbonyl (C=O) groups excluding carboxylic acids is 1. The third kappa shape index (κ3) is 3.40. The van der Waals surface area contributed by atoms with Crippen molar-refractivity contribution in [1.29, 1.82) is 5.26 Å². The lowest BCUT2D eigenvalue weighted by molar-refractivity contribution is 0.0526. The first-order valence-electron chi connectivity index (χ1n) is 7.65. The van der Waals surface area contributed by atoms with Crippen molar-refractivity contribution in [1.82, 2.24) is 4.98 Å². The van der Waals surface area contributed by atoms with Crippen LogP contribution in [0.2, 0.25) is 0 Å². The molecule has 0 aliphatic carbocycles. The summed E-state index contributed by atoms with van der Waals surface area (Å²) in [4.78, 5) is 15.9. The van der Waals surface area contributed by atoms with Crippen LogP contribution in [0.25, 0.3) is 10.9 Å². The van der Waals surface area contributed by atoms with Crippen LogP contribution in [0.3, 0.4) is 0 Å². The molecule has 0 radical (unpaired) electrons. The summed E-state index contributed by atoms with van der Waals surface area (Å²) in [6, 6.07) is 12.9. The second kappa shape index (κ2) is 6.97. The largest absolute Gasteiger partial charge is 0.462 e. The zero-order valence-corrected chi connectivity index (χ0v) is 13.4. The number of aromatic nitrogens is 1. The Morgan fingerprint density at radius 1 is 1.28 bits per heavy atom. The van der Waals surface area contributed by atoms with E-state index in [0.717, 1.165) is 0 Å². The molecule has 3 aromatic rings. The quantitative estimate of drug-likeness (QED) is 0.724. The molecule has 25 heavy (non-hydrogen) atoms. The van der Waals surface area contributed by atoms with Crippen LogP contribution in [0.1, 0.15) is 22.8 Å². The summed E-state index contributed by atoms with van der Waals surface area (Å²) >= 11 is 0.